The molecule has 8 heteroatoms. The van der Waals surface area contributed by atoms with Gasteiger partial charge in [-0.2, -0.15) is 0 Å². The molecular weight excluding hydrogens is 408 g/mol. The number of hydrogen-bond acceptors (Lipinski definition) is 6. The smallest absolute Gasteiger partial charge is 0.332 e. The van der Waals surface area contributed by atoms with Gasteiger partial charge in [-0.25, -0.2) is 9.78 Å². The molecule has 2 aromatic heterocycles. The Labute approximate surface area is 187 Å². The van der Waals surface area contributed by atoms with E-state index in [9.17, 15) is 9.59 Å². The molecule has 0 atom stereocenters. The maximum atomic E-state index is 12.7. The molecule has 1 fully saturated rings. The molecule has 0 aliphatic carbocycles. The maximum Gasteiger partial charge on any atom is 0.332 e. The number of rotatable bonds is 7. The first-order chi connectivity index (χ1) is 15.5. The van der Waals surface area contributed by atoms with E-state index in [0.717, 1.165) is 48.5 Å². The minimum atomic E-state index is -0.362. The van der Waals surface area contributed by atoms with Gasteiger partial charge in [0.2, 0.25) is 0 Å². The lowest BCUT2D eigenvalue weighted by atomic mass is 9.92. The second-order valence-corrected chi connectivity index (χ2v) is 8.30. The summed E-state index contributed by atoms with van der Waals surface area (Å²) < 4.78 is 13.1. The number of ether oxygens (including phenoxy) is 2. The summed E-state index contributed by atoms with van der Waals surface area (Å²) in [5, 5.41) is 0.462. The van der Waals surface area contributed by atoms with Crippen LogP contribution in [-0.2, 0) is 24.9 Å². The third kappa shape index (κ3) is 4.47. The summed E-state index contributed by atoms with van der Waals surface area (Å²) in [5.74, 6) is 1.18. The highest BCUT2D eigenvalue weighted by atomic mass is 16.5. The third-order valence-corrected chi connectivity index (χ3v) is 6.30. The lowest BCUT2D eigenvalue weighted by Crippen LogP contribution is -2.39. The summed E-state index contributed by atoms with van der Waals surface area (Å²) in [6, 6.07) is 12.0. The van der Waals surface area contributed by atoms with Gasteiger partial charge in [0.05, 0.1) is 25.6 Å². The minimum absolute atomic E-state index is 0.307. The van der Waals surface area contributed by atoms with Crippen LogP contribution in [0.4, 0.5) is 0 Å². The van der Waals surface area contributed by atoms with E-state index in [2.05, 4.69) is 17.0 Å². The minimum Gasteiger partial charge on any atom is -0.497 e. The van der Waals surface area contributed by atoms with Crippen molar-refractivity contribution in [1.82, 2.24) is 19.0 Å². The molecule has 0 spiro atoms. The Balaban J connectivity index is 1.52. The monoisotopic (exact) mass is 438 g/mol. The van der Waals surface area contributed by atoms with Gasteiger partial charge in [-0.1, -0.05) is 12.1 Å². The van der Waals surface area contributed by atoms with Crippen molar-refractivity contribution in [2.75, 3.05) is 33.9 Å². The molecule has 32 heavy (non-hydrogen) atoms. The van der Waals surface area contributed by atoms with Gasteiger partial charge in [0.1, 0.15) is 11.4 Å². The largest absolute Gasteiger partial charge is 0.497 e. The van der Waals surface area contributed by atoms with Gasteiger partial charge in [-0.15, -0.1) is 0 Å². The Hall–Kier alpha value is -2.97. The molecule has 4 rings (SSSR count). The van der Waals surface area contributed by atoms with Gasteiger partial charge in [0.25, 0.3) is 5.56 Å². The van der Waals surface area contributed by atoms with Gasteiger partial charge >= 0.3 is 5.69 Å². The van der Waals surface area contributed by atoms with E-state index in [1.807, 2.05) is 24.3 Å². The number of likely N-dealkylation sites (tertiary alicyclic amines) is 1. The molecule has 0 radical (unpaired) electrons. The van der Waals surface area contributed by atoms with Crippen LogP contribution in [0.1, 0.15) is 30.0 Å². The van der Waals surface area contributed by atoms with E-state index >= 15 is 0 Å². The molecular formula is C24H30N4O4. The summed E-state index contributed by atoms with van der Waals surface area (Å²) in [6.45, 7) is 3.60. The fourth-order valence-electron chi connectivity index (χ4n) is 4.36. The third-order valence-electron chi connectivity index (χ3n) is 6.30. The zero-order chi connectivity index (χ0) is 22.7. The molecule has 170 valence electrons. The van der Waals surface area contributed by atoms with Gasteiger partial charge in [-0.05, 0) is 55.8 Å². The molecule has 0 bridgehead atoms. The molecule has 1 aliphatic rings. The van der Waals surface area contributed by atoms with Crippen molar-refractivity contribution < 1.29 is 9.47 Å². The highest BCUT2D eigenvalue weighted by Crippen LogP contribution is 2.28. The van der Waals surface area contributed by atoms with Gasteiger partial charge in [0.15, 0.2) is 0 Å². The van der Waals surface area contributed by atoms with Crippen molar-refractivity contribution in [3.8, 4) is 5.75 Å². The Kier molecular flexibility index (Phi) is 6.72. The number of pyridine rings is 1. The van der Waals surface area contributed by atoms with E-state index in [1.165, 1.54) is 12.6 Å². The number of benzene rings is 1. The summed E-state index contributed by atoms with van der Waals surface area (Å²) >= 11 is 0. The summed E-state index contributed by atoms with van der Waals surface area (Å²) in [7, 11) is 4.77. The van der Waals surface area contributed by atoms with Crippen molar-refractivity contribution >= 4 is 11.0 Å². The van der Waals surface area contributed by atoms with E-state index in [-0.39, 0.29) is 11.2 Å². The average Bonchev–Trinajstić information content (AvgIpc) is 2.83. The van der Waals surface area contributed by atoms with Crippen molar-refractivity contribution in [2.45, 2.75) is 31.8 Å². The van der Waals surface area contributed by atoms with E-state index in [1.54, 1.807) is 18.8 Å². The summed E-state index contributed by atoms with van der Waals surface area (Å²) in [4.78, 5) is 32.5. The van der Waals surface area contributed by atoms with Crippen LogP contribution in [0.5, 0.6) is 5.75 Å². The lowest BCUT2D eigenvalue weighted by molar-refractivity contribution is 0.186. The van der Waals surface area contributed by atoms with Crippen LogP contribution in [0.3, 0.4) is 0 Å². The van der Waals surface area contributed by atoms with Crippen LogP contribution < -0.4 is 16.0 Å². The Morgan fingerprint density at radius 1 is 1.03 bits per heavy atom. The van der Waals surface area contributed by atoms with Crippen LogP contribution in [0.2, 0.25) is 0 Å². The van der Waals surface area contributed by atoms with Gasteiger partial charge < -0.3 is 9.47 Å². The van der Waals surface area contributed by atoms with Crippen LogP contribution in [0, 0.1) is 0 Å². The Morgan fingerprint density at radius 2 is 1.75 bits per heavy atom. The molecule has 0 unspecified atom stereocenters. The lowest BCUT2D eigenvalue weighted by Gasteiger charge is -2.31. The molecule has 0 N–H and O–H groups in total. The standard InChI is InChI=1S/C24H30N4O4/c1-26-23(29)20-8-9-21(25-22(20)28(24(26)30)14-15-31-2)18-10-12-27(13-11-18)16-17-4-6-19(32-3)7-5-17/h4-9,18H,10-16H2,1-3H3. The van der Waals surface area contributed by atoms with Crippen LogP contribution in [-0.4, -0.2) is 52.9 Å². The number of piperidine rings is 1. The summed E-state index contributed by atoms with van der Waals surface area (Å²) in [6.07, 6.45) is 1.98. The second-order valence-electron chi connectivity index (χ2n) is 8.30. The molecule has 1 aliphatic heterocycles. The molecule has 0 saturated carbocycles. The molecule has 0 amide bonds. The van der Waals surface area contributed by atoms with Crippen molar-refractivity contribution in [3.63, 3.8) is 0 Å². The number of hydrogen-bond donors (Lipinski definition) is 0. The molecule has 8 nitrogen and oxygen atoms in total. The van der Waals surface area contributed by atoms with Crippen LogP contribution in [0.25, 0.3) is 11.0 Å². The second kappa shape index (κ2) is 9.67. The zero-order valence-electron chi connectivity index (χ0n) is 18.9. The highest BCUT2D eigenvalue weighted by Gasteiger charge is 2.23. The molecule has 3 aromatic rings. The van der Waals surface area contributed by atoms with E-state index in [0.29, 0.717) is 30.1 Å². The first-order valence-electron chi connectivity index (χ1n) is 11.0. The molecule has 3 heterocycles. The van der Waals surface area contributed by atoms with E-state index < -0.39 is 0 Å². The van der Waals surface area contributed by atoms with Crippen molar-refractivity contribution in [2.24, 2.45) is 7.05 Å². The van der Waals surface area contributed by atoms with Gasteiger partial charge in [0, 0.05) is 32.3 Å². The number of aromatic nitrogens is 3. The van der Waals surface area contributed by atoms with Crippen molar-refractivity contribution in [3.05, 3.63) is 68.5 Å². The first kappa shape index (κ1) is 22.2. The molecule has 1 saturated heterocycles. The SMILES string of the molecule is COCCn1c(=O)n(C)c(=O)c2ccc(C3CCN(Cc4ccc(OC)cc4)CC3)nc21. The van der Waals surface area contributed by atoms with Crippen molar-refractivity contribution in [1.29, 1.82) is 0 Å². The molecule has 1 aromatic carbocycles. The number of nitrogens with zero attached hydrogens (tertiary/aromatic N) is 4. The van der Waals surface area contributed by atoms with Gasteiger partial charge in [-0.3, -0.25) is 18.8 Å². The van der Waals surface area contributed by atoms with Crippen LogP contribution in [0.15, 0.2) is 46.0 Å². The number of methoxy groups -OCH3 is 2. The van der Waals surface area contributed by atoms with E-state index in [4.69, 9.17) is 14.5 Å². The first-order valence-corrected chi connectivity index (χ1v) is 11.0. The zero-order valence-corrected chi connectivity index (χ0v) is 18.9. The highest BCUT2D eigenvalue weighted by molar-refractivity contribution is 5.74. The Bertz CT molecular complexity index is 1190. The fraction of sp³-hybridized carbons (Fsp3) is 0.458. The summed E-state index contributed by atoms with van der Waals surface area (Å²) in [5.41, 5.74) is 1.99. The normalized spacial score (nSPS) is 15.3. The number of fused-ring (bicyclic) bond motifs is 1. The Morgan fingerprint density at radius 3 is 2.41 bits per heavy atom. The quantitative estimate of drug-likeness (QED) is 0.562. The predicted octanol–water partition coefficient (Wildman–Crippen LogP) is 2.13. The fourth-order valence-corrected chi connectivity index (χ4v) is 4.36. The topological polar surface area (TPSA) is 78.6 Å². The predicted molar refractivity (Wildman–Crippen MR) is 123 cm³/mol. The maximum absolute atomic E-state index is 12.7. The van der Waals surface area contributed by atoms with Crippen LogP contribution >= 0.6 is 0 Å². The average molecular weight is 439 g/mol.